The van der Waals surface area contributed by atoms with Crippen molar-refractivity contribution in [2.75, 3.05) is 6.61 Å². The molecule has 24 heavy (non-hydrogen) atoms. The average Bonchev–Trinajstić information content (AvgIpc) is 2.19. The van der Waals surface area contributed by atoms with Gasteiger partial charge in [-0.3, -0.25) is 4.84 Å². The van der Waals surface area contributed by atoms with E-state index in [-0.39, 0.29) is 22.3 Å². The van der Waals surface area contributed by atoms with Gasteiger partial charge in [-0.2, -0.15) is 5.06 Å². The second-order valence-electron chi connectivity index (χ2n) is 11.6. The van der Waals surface area contributed by atoms with E-state index in [1.807, 2.05) is 0 Å². The zero-order chi connectivity index (χ0) is 19.2. The third kappa shape index (κ3) is 6.00. The standard InChI is InChI=1S/C21H43NO2/c1-17(2,3)16-13-19(7,8)22(20(9,10)14-16)23-15-21(11,12)24-18(4,5)6/h16H,13-15H2,1-12H3. The van der Waals surface area contributed by atoms with Crippen molar-refractivity contribution < 1.29 is 9.57 Å². The van der Waals surface area contributed by atoms with Gasteiger partial charge in [0.05, 0.1) is 17.8 Å². The van der Waals surface area contributed by atoms with Crippen LogP contribution in [0, 0.1) is 11.3 Å². The van der Waals surface area contributed by atoms with E-state index in [1.54, 1.807) is 0 Å². The molecular formula is C21H43NO2. The van der Waals surface area contributed by atoms with E-state index in [9.17, 15) is 0 Å². The SMILES string of the molecule is CC(C)(C)OC(C)(C)CON1C(C)(C)CC(C(C)(C)C)CC1(C)C. The summed E-state index contributed by atoms with van der Waals surface area (Å²) in [4.78, 5) is 6.39. The number of ether oxygens (including phenoxy) is 1. The van der Waals surface area contributed by atoms with Crippen molar-refractivity contribution in [3.63, 3.8) is 0 Å². The number of hydrogen-bond donors (Lipinski definition) is 0. The number of hydroxylamine groups is 2. The molecule has 0 radical (unpaired) electrons. The Kier molecular flexibility index (Phi) is 5.99. The molecule has 3 nitrogen and oxygen atoms in total. The zero-order valence-electron chi connectivity index (χ0n) is 18.5. The highest BCUT2D eigenvalue weighted by atomic mass is 16.7. The predicted octanol–water partition coefficient (Wildman–Crippen LogP) is 5.83. The first-order valence-corrected chi connectivity index (χ1v) is 9.49. The smallest absolute Gasteiger partial charge is 0.0970 e. The Hall–Kier alpha value is -0.120. The molecule has 0 atom stereocenters. The van der Waals surface area contributed by atoms with Gasteiger partial charge in [-0.1, -0.05) is 20.8 Å². The normalized spacial score (nSPS) is 23.5. The molecule has 0 aromatic heterocycles. The Bertz CT molecular complexity index is 406. The van der Waals surface area contributed by atoms with Gasteiger partial charge in [0.15, 0.2) is 0 Å². The summed E-state index contributed by atoms with van der Waals surface area (Å²) in [5.41, 5.74) is -0.132. The van der Waals surface area contributed by atoms with Crippen LogP contribution in [-0.2, 0) is 9.57 Å². The number of piperidine rings is 1. The highest BCUT2D eigenvalue weighted by Crippen LogP contribution is 2.48. The van der Waals surface area contributed by atoms with Gasteiger partial charge in [-0.05, 0) is 86.5 Å². The summed E-state index contributed by atoms with van der Waals surface area (Å²) in [5.74, 6) is 0.696. The third-order valence-corrected chi connectivity index (χ3v) is 4.94. The lowest BCUT2D eigenvalue weighted by Gasteiger charge is -2.56. The van der Waals surface area contributed by atoms with Crippen LogP contribution in [0.15, 0.2) is 0 Å². The lowest BCUT2D eigenvalue weighted by molar-refractivity contribution is -0.314. The van der Waals surface area contributed by atoms with E-state index < -0.39 is 0 Å². The molecule has 1 aliphatic rings. The topological polar surface area (TPSA) is 21.7 Å². The van der Waals surface area contributed by atoms with Crippen molar-refractivity contribution in [1.29, 1.82) is 0 Å². The summed E-state index contributed by atoms with van der Waals surface area (Å²) in [6.45, 7) is 27.4. The first-order valence-electron chi connectivity index (χ1n) is 9.49. The van der Waals surface area contributed by atoms with Crippen LogP contribution in [0.2, 0.25) is 0 Å². The summed E-state index contributed by atoms with van der Waals surface area (Å²) >= 11 is 0. The maximum atomic E-state index is 6.39. The van der Waals surface area contributed by atoms with Gasteiger partial charge in [0.2, 0.25) is 0 Å². The van der Waals surface area contributed by atoms with Crippen LogP contribution in [0.4, 0.5) is 0 Å². The van der Waals surface area contributed by atoms with Crippen LogP contribution >= 0.6 is 0 Å². The largest absolute Gasteiger partial charge is 0.368 e. The van der Waals surface area contributed by atoms with E-state index in [2.05, 4.69) is 88.1 Å². The van der Waals surface area contributed by atoms with Gasteiger partial charge in [-0.25, -0.2) is 0 Å². The molecule has 3 heteroatoms. The maximum Gasteiger partial charge on any atom is 0.0970 e. The van der Waals surface area contributed by atoms with E-state index >= 15 is 0 Å². The Morgan fingerprint density at radius 3 is 1.58 bits per heavy atom. The fraction of sp³-hybridized carbons (Fsp3) is 1.00. The summed E-state index contributed by atoms with van der Waals surface area (Å²) in [6.07, 6.45) is 2.31. The van der Waals surface area contributed by atoms with Crippen molar-refractivity contribution in [2.45, 2.75) is 118 Å². The highest BCUT2D eigenvalue weighted by molar-refractivity contribution is 4.99. The molecule has 1 aliphatic heterocycles. The quantitative estimate of drug-likeness (QED) is 0.642. The van der Waals surface area contributed by atoms with Crippen LogP contribution in [0.25, 0.3) is 0 Å². The maximum absolute atomic E-state index is 6.39. The minimum absolute atomic E-state index is 0.0114. The monoisotopic (exact) mass is 341 g/mol. The van der Waals surface area contributed by atoms with Gasteiger partial charge in [0.25, 0.3) is 0 Å². The Morgan fingerprint density at radius 1 is 0.833 bits per heavy atom. The molecule has 144 valence electrons. The molecule has 0 bridgehead atoms. The molecule has 1 fully saturated rings. The summed E-state index contributed by atoms with van der Waals surface area (Å²) in [7, 11) is 0. The second-order valence-corrected chi connectivity index (χ2v) is 11.6. The molecule has 0 N–H and O–H groups in total. The number of hydrogen-bond acceptors (Lipinski definition) is 3. The first-order chi connectivity index (χ1) is 10.4. The van der Waals surface area contributed by atoms with Gasteiger partial charge in [0.1, 0.15) is 0 Å². The Morgan fingerprint density at radius 2 is 1.25 bits per heavy atom. The lowest BCUT2D eigenvalue weighted by Crippen LogP contribution is -2.62. The molecule has 0 aromatic carbocycles. The summed E-state index contributed by atoms with van der Waals surface area (Å²) in [5, 5.41) is 2.25. The first kappa shape index (κ1) is 21.9. The minimum Gasteiger partial charge on any atom is -0.368 e. The molecule has 0 saturated carbocycles. The predicted molar refractivity (Wildman–Crippen MR) is 103 cm³/mol. The zero-order valence-corrected chi connectivity index (χ0v) is 18.5. The van der Waals surface area contributed by atoms with Gasteiger partial charge >= 0.3 is 0 Å². The summed E-state index contributed by atoms with van der Waals surface area (Å²) in [6, 6.07) is 0. The Balaban J connectivity index is 2.88. The molecule has 1 rings (SSSR count). The van der Waals surface area contributed by atoms with Crippen LogP contribution in [0.5, 0.6) is 0 Å². The molecule has 0 aliphatic carbocycles. The van der Waals surface area contributed by atoms with Crippen LogP contribution in [-0.4, -0.2) is 34.0 Å². The van der Waals surface area contributed by atoms with Crippen LogP contribution in [0.3, 0.4) is 0 Å². The van der Waals surface area contributed by atoms with Crippen molar-refractivity contribution in [3.05, 3.63) is 0 Å². The van der Waals surface area contributed by atoms with E-state index in [0.29, 0.717) is 17.9 Å². The van der Waals surface area contributed by atoms with Crippen molar-refractivity contribution >= 4 is 0 Å². The van der Waals surface area contributed by atoms with Gasteiger partial charge < -0.3 is 4.74 Å². The van der Waals surface area contributed by atoms with Crippen molar-refractivity contribution in [1.82, 2.24) is 5.06 Å². The molecule has 1 saturated heterocycles. The fourth-order valence-corrected chi connectivity index (χ4v) is 4.30. The molecule has 0 unspecified atom stereocenters. The molecule has 0 aromatic rings. The van der Waals surface area contributed by atoms with Gasteiger partial charge in [-0.15, -0.1) is 0 Å². The van der Waals surface area contributed by atoms with Crippen molar-refractivity contribution in [3.8, 4) is 0 Å². The summed E-state index contributed by atoms with van der Waals surface area (Å²) < 4.78 is 6.18. The number of nitrogens with zero attached hydrogens (tertiary/aromatic N) is 1. The Labute approximate surface area is 151 Å². The van der Waals surface area contributed by atoms with Gasteiger partial charge in [0, 0.05) is 11.1 Å². The van der Waals surface area contributed by atoms with Crippen molar-refractivity contribution in [2.24, 2.45) is 11.3 Å². The molecule has 0 spiro atoms. The van der Waals surface area contributed by atoms with Crippen LogP contribution in [0.1, 0.15) is 95.9 Å². The lowest BCUT2D eigenvalue weighted by atomic mass is 9.65. The van der Waals surface area contributed by atoms with E-state index in [4.69, 9.17) is 9.57 Å². The van der Waals surface area contributed by atoms with E-state index in [1.165, 1.54) is 0 Å². The highest BCUT2D eigenvalue weighted by Gasteiger charge is 2.49. The molecule has 1 heterocycles. The average molecular weight is 342 g/mol. The third-order valence-electron chi connectivity index (χ3n) is 4.94. The molecule has 0 amide bonds. The minimum atomic E-state index is -0.314. The second kappa shape index (κ2) is 6.55. The molecular weight excluding hydrogens is 298 g/mol. The van der Waals surface area contributed by atoms with Crippen LogP contribution < -0.4 is 0 Å². The van der Waals surface area contributed by atoms with E-state index in [0.717, 1.165) is 12.8 Å². The fourth-order valence-electron chi connectivity index (χ4n) is 4.30. The number of rotatable bonds is 4.